The van der Waals surface area contributed by atoms with Gasteiger partial charge in [0, 0.05) is 10.0 Å². The van der Waals surface area contributed by atoms with Gasteiger partial charge in [-0.05, 0) is 17.7 Å². The molecule has 0 bridgehead atoms. The maximum absolute atomic E-state index is 12.0. The van der Waals surface area contributed by atoms with Crippen LogP contribution in [0, 0.1) is 0 Å². The van der Waals surface area contributed by atoms with Crippen LogP contribution in [-0.2, 0) is 6.42 Å². The Morgan fingerprint density at radius 2 is 1.54 bits per heavy atom. The third kappa shape index (κ3) is 3.08. The molecule has 0 fully saturated rings. The SMILES string of the molecule is FC(F)(F)Cc1c(Cl)cccc1Cl. The molecule has 1 aromatic rings. The van der Waals surface area contributed by atoms with Crippen molar-refractivity contribution in [3.05, 3.63) is 33.8 Å². The maximum Gasteiger partial charge on any atom is 0.393 e. The lowest BCUT2D eigenvalue weighted by molar-refractivity contribution is -0.127. The fourth-order valence-corrected chi connectivity index (χ4v) is 1.43. The third-order valence-corrected chi connectivity index (χ3v) is 2.15. The molecule has 5 heteroatoms. The summed E-state index contributed by atoms with van der Waals surface area (Å²) in [5, 5.41) is 0.0923. The normalized spacial score (nSPS) is 11.8. The Labute approximate surface area is 83.3 Å². The van der Waals surface area contributed by atoms with Crippen LogP contribution in [-0.4, -0.2) is 6.18 Å². The fourth-order valence-electron chi connectivity index (χ4n) is 0.902. The molecule has 13 heavy (non-hydrogen) atoms. The van der Waals surface area contributed by atoms with Crippen molar-refractivity contribution in [2.75, 3.05) is 0 Å². The van der Waals surface area contributed by atoms with Gasteiger partial charge in [-0.25, -0.2) is 0 Å². The third-order valence-electron chi connectivity index (χ3n) is 1.44. The standard InChI is InChI=1S/C8H5Cl2F3/c9-6-2-1-3-7(10)5(6)4-8(11,12)13/h1-3H,4H2. The first-order chi connectivity index (χ1) is 5.90. The number of hydrogen-bond donors (Lipinski definition) is 0. The second-order valence-corrected chi connectivity index (χ2v) is 3.31. The van der Waals surface area contributed by atoms with E-state index >= 15 is 0 Å². The molecule has 0 N–H and O–H groups in total. The van der Waals surface area contributed by atoms with E-state index in [4.69, 9.17) is 23.2 Å². The summed E-state index contributed by atoms with van der Waals surface area (Å²) in [7, 11) is 0. The summed E-state index contributed by atoms with van der Waals surface area (Å²) < 4.78 is 36.0. The first kappa shape index (κ1) is 10.7. The van der Waals surface area contributed by atoms with E-state index < -0.39 is 12.6 Å². The van der Waals surface area contributed by atoms with Crippen LogP contribution in [0.25, 0.3) is 0 Å². The van der Waals surface area contributed by atoms with Gasteiger partial charge in [-0.2, -0.15) is 13.2 Å². The van der Waals surface area contributed by atoms with Gasteiger partial charge in [0.2, 0.25) is 0 Å². The largest absolute Gasteiger partial charge is 0.393 e. The molecule has 0 spiro atoms. The highest BCUT2D eigenvalue weighted by Gasteiger charge is 2.29. The minimum atomic E-state index is -4.28. The van der Waals surface area contributed by atoms with Gasteiger partial charge >= 0.3 is 6.18 Å². The summed E-state index contributed by atoms with van der Waals surface area (Å²) in [6.07, 6.45) is -5.37. The van der Waals surface area contributed by atoms with E-state index in [9.17, 15) is 13.2 Å². The summed E-state index contributed by atoms with van der Waals surface area (Å²) >= 11 is 11.1. The average Bonchev–Trinajstić information content (AvgIpc) is 1.95. The number of alkyl halides is 3. The van der Waals surface area contributed by atoms with Gasteiger partial charge in [0.1, 0.15) is 0 Å². The second-order valence-electron chi connectivity index (χ2n) is 2.49. The van der Waals surface area contributed by atoms with Crippen molar-refractivity contribution in [1.82, 2.24) is 0 Å². The molecule has 0 saturated heterocycles. The summed E-state index contributed by atoms with van der Waals surface area (Å²) in [4.78, 5) is 0. The van der Waals surface area contributed by atoms with Crippen LogP contribution < -0.4 is 0 Å². The zero-order chi connectivity index (χ0) is 10.1. The van der Waals surface area contributed by atoms with E-state index in [0.29, 0.717) is 0 Å². The predicted molar refractivity (Wildman–Crippen MR) is 46.2 cm³/mol. The average molecular weight is 229 g/mol. The molecule has 1 aromatic carbocycles. The van der Waals surface area contributed by atoms with Gasteiger partial charge in [0.15, 0.2) is 0 Å². The van der Waals surface area contributed by atoms with E-state index in [1.807, 2.05) is 0 Å². The van der Waals surface area contributed by atoms with Crippen molar-refractivity contribution >= 4 is 23.2 Å². The Kier molecular flexibility index (Phi) is 3.09. The smallest absolute Gasteiger partial charge is 0.171 e. The second kappa shape index (κ2) is 3.76. The minimum Gasteiger partial charge on any atom is -0.171 e. The van der Waals surface area contributed by atoms with Crippen LogP contribution in [0.15, 0.2) is 18.2 Å². The summed E-state index contributed by atoms with van der Waals surface area (Å²) in [6.45, 7) is 0. The maximum atomic E-state index is 12.0. The molecular formula is C8H5Cl2F3. The molecule has 1 rings (SSSR count). The lowest BCUT2D eigenvalue weighted by Gasteiger charge is -2.09. The monoisotopic (exact) mass is 228 g/mol. The molecule has 0 aliphatic rings. The van der Waals surface area contributed by atoms with Crippen LogP contribution in [0.5, 0.6) is 0 Å². The van der Waals surface area contributed by atoms with Crippen LogP contribution in [0.4, 0.5) is 13.2 Å². The molecule has 0 unspecified atom stereocenters. The van der Waals surface area contributed by atoms with Gasteiger partial charge in [0.25, 0.3) is 0 Å². The molecule has 0 atom stereocenters. The zero-order valence-electron chi connectivity index (χ0n) is 6.33. The van der Waals surface area contributed by atoms with Gasteiger partial charge in [-0.15, -0.1) is 0 Å². The quantitative estimate of drug-likeness (QED) is 0.679. The van der Waals surface area contributed by atoms with Crippen LogP contribution >= 0.6 is 23.2 Å². The van der Waals surface area contributed by atoms with E-state index in [2.05, 4.69) is 0 Å². The van der Waals surface area contributed by atoms with Crippen LogP contribution in [0.1, 0.15) is 5.56 Å². The van der Waals surface area contributed by atoms with Crippen molar-refractivity contribution in [2.45, 2.75) is 12.6 Å². The Bertz CT molecular complexity index is 286. The molecule has 0 saturated carbocycles. The molecular weight excluding hydrogens is 224 g/mol. The molecule has 0 aromatic heterocycles. The Morgan fingerprint density at radius 3 is 1.92 bits per heavy atom. The van der Waals surface area contributed by atoms with Gasteiger partial charge in [-0.3, -0.25) is 0 Å². The highest BCUT2D eigenvalue weighted by atomic mass is 35.5. The highest BCUT2D eigenvalue weighted by Crippen LogP contribution is 2.30. The first-order valence-electron chi connectivity index (χ1n) is 3.40. The Hall–Kier alpha value is -0.410. The van der Waals surface area contributed by atoms with Gasteiger partial charge in [-0.1, -0.05) is 29.3 Å². The minimum absolute atomic E-state index is 0.0461. The van der Waals surface area contributed by atoms with E-state index in [1.54, 1.807) is 0 Å². The highest BCUT2D eigenvalue weighted by molar-refractivity contribution is 6.35. The van der Waals surface area contributed by atoms with E-state index in [0.717, 1.165) is 0 Å². The van der Waals surface area contributed by atoms with Crippen LogP contribution in [0.3, 0.4) is 0 Å². The molecule has 0 aliphatic heterocycles. The molecule has 0 radical (unpaired) electrons. The topological polar surface area (TPSA) is 0 Å². The number of rotatable bonds is 1. The summed E-state index contributed by atoms with van der Waals surface area (Å²) in [5.41, 5.74) is -0.0710. The molecule has 0 aliphatic carbocycles. The lowest BCUT2D eigenvalue weighted by Crippen LogP contribution is -2.12. The van der Waals surface area contributed by atoms with Gasteiger partial charge < -0.3 is 0 Å². The van der Waals surface area contributed by atoms with Crippen LogP contribution in [0.2, 0.25) is 10.0 Å². The Morgan fingerprint density at radius 1 is 1.08 bits per heavy atom. The van der Waals surface area contributed by atoms with Crippen molar-refractivity contribution in [2.24, 2.45) is 0 Å². The van der Waals surface area contributed by atoms with Gasteiger partial charge in [0.05, 0.1) is 6.42 Å². The number of hydrogen-bond acceptors (Lipinski definition) is 0. The summed E-state index contributed by atoms with van der Waals surface area (Å²) in [6, 6.07) is 4.27. The fraction of sp³-hybridized carbons (Fsp3) is 0.250. The first-order valence-corrected chi connectivity index (χ1v) is 4.15. The van der Waals surface area contributed by atoms with E-state index in [-0.39, 0.29) is 15.6 Å². The zero-order valence-corrected chi connectivity index (χ0v) is 7.84. The molecule has 0 heterocycles. The number of benzene rings is 1. The number of halogens is 5. The molecule has 0 nitrogen and oxygen atoms in total. The van der Waals surface area contributed by atoms with Crippen molar-refractivity contribution in [3.8, 4) is 0 Å². The predicted octanol–water partition coefficient (Wildman–Crippen LogP) is 4.10. The van der Waals surface area contributed by atoms with Crippen molar-refractivity contribution < 1.29 is 13.2 Å². The molecule has 72 valence electrons. The van der Waals surface area contributed by atoms with Crippen molar-refractivity contribution in [1.29, 1.82) is 0 Å². The Balaban J connectivity index is 3.00. The van der Waals surface area contributed by atoms with Crippen molar-refractivity contribution in [3.63, 3.8) is 0 Å². The van der Waals surface area contributed by atoms with E-state index in [1.165, 1.54) is 18.2 Å². The lowest BCUT2D eigenvalue weighted by atomic mass is 10.1. The summed E-state index contributed by atoms with van der Waals surface area (Å²) in [5.74, 6) is 0. The molecule has 0 amide bonds.